The maximum atomic E-state index is 7.49. The zero-order valence-electron chi connectivity index (χ0n) is 11.9. The van der Waals surface area contributed by atoms with Crippen LogP contribution in [-0.2, 0) is 0 Å². The van der Waals surface area contributed by atoms with Gasteiger partial charge in [0.05, 0.1) is 12.4 Å². The summed E-state index contributed by atoms with van der Waals surface area (Å²) in [7, 11) is 0. The summed E-state index contributed by atoms with van der Waals surface area (Å²) in [5.41, 5.74) is 6.39. The Bertz CT molecular complexity index is 444. The zero-order chi connectivity index (χ0) is 14.5. The fourth-order valence-electron chi connectivity index (χ4n) is 1.76. The van der Waals surface area contributed by atoms with Gasteiger partial charge in [-0.2, -0.15) is 0 Å². The molecule has 0 saturated heterocycles. The standard InChI is InChI=1S/C15H23ClN2O/c1-11-10-12(16)6-7-13(11)19-9-5-4-8-15(2,3)14(17)18/h6-7,10H,4-5,8-9H2,1-3H3,(H3,17,18). The van der Waals surface area contributed by atoms with Crippen LogP contribution in [-0.4, -0.2) is 12.4 Å². The van der Waals surface area contributed by atoms with E-state index in [1.807, 2.05) is 39.0 Å². The minimum absolute atomic E-state index is 0.212. The fraction of sp³-hybridized carbons (Fsp3) is 0.533. The molecular formula is C15H23ClN2O. The van der Waals surface area contributed by atoms with Crippen LogP contribution in [0, 0.1) is 17.7 Å². The summed E-state index contributed by atoms with van der Waals surface area (Å²) < 4.78 is 5.72. The summed E-state index contributed by atoms with van der Waals surface area (Å²) in [6, 6.07) is 5.63. The van der Waals surface area contributed by atoms with Gasteiger partial charge in [0.15, 0.2) is 0 Å². The predicted molar refractivity (Wildman–Crippen MR) is 81.2 cm³/mol. The van der Waals surface area contributed by atoms with Gasteiger partial charge in [-0.15, -0.1) is 0 Å². The molecule has 0 heterocycles. The van der Waals surface area contributed by atoms with Crippen molar-refractivity contribution in [3.05, 3.63) is 28.8 Å². The van der Waals surface area contributed by atoms with Gasteiger partial charge in [0.1, 0.15) is 5.75 Å². The monoisotopic (exact) mass is 282 g/mol. The summed E-state index contributed by atoms with van der Waals surface area (Å²) in [6.45, 7) is 6.66. The van der Waals surface area contributed by atoms with E-state index in [9.17, 15) is 0 Å². The molecule has 3 nitrogen and oxygen atoms in total. The molecular weight excluding hydrogens is 260 g/mol. The summed E-state index contributed by atoms with van der Waals surface area (Å²) in [5.74, 6) is 1.14. The van der Waals surface area contributed by atoms with Crippen molar-refractivity contribution in [3.63, 3.8) is 0 Å². The van der Waals surface area contributed by atoms with Crippen LogP contribution in [0.3, 0.4) is 0 Å². The topological polar surface area (TPSA) is 59.1 Å². The first-order valence-electron chi connectivity index (χ1n) is 6.56. The van der Waals surface area contributed by atoms with Gasteiger partial charge in [-0.25, -0.2) is 0 Å². The molecule has 0 amide bonds. The number of hydrogen-bond donors (Lipinski definition) is 2. The van der Waals surface area contributed by atoms with Crippen molar-refractivity contribution < 1.29 is 4.74 Å². The average Bonchev–Trinajstić information content (AvgIpc) is 2.31. The van der Waals surface area contributed by atoms with E-state index in [0.29, 0.717) is 6.61 Å². The Morgan fingerprint density at radius 2 is 2.05 bits per heavy atom. The SMILES string of the molecule is Cc1cc(Cl)ccc1OCCCCC(C)(C)C(=N)N. The van der Waals surface area contributed by atoms with E-state index in [0.717, 1.165) is 35.6 Å². The van der Waals surface area contributed by atoms with Crippen LogP contribution >= 0.6 is 11.6 Å². The number of hydrogen-bond acceptors (Lipinski definition) is 2. The lowest BCUT2D eigenvalue weighted by atomic mass is 9.86. The van der Waals surface area contributed by atoms with Gasteiger partial charge < -0.3 is 10.5 Å². The van der Waals surface area contributed by atoms with Crippen LogP contribution in [0.5, 0.6) is 5.75 Å². The van der Waals surface area contributed by atoms with Crippen molar-refractivity contribution in [2.75, 3.05) is 6.61 Å². The molecule has 0 saturated carbocycles. The Labute approximate surface area is 120 Å². The fourth-order valence-corrected chi connectivity index (χ4v) is 1.99. The maximum absolute atomic E-state index is 7.49. The molecule has 0 atom stereocenters. The number of ether oxygens (including phenoxy) is 1. The molecule has 0 aliphatic carbocycles. The second-order valence-corrected chi connectivity index (χ2v) is 5.95. The first-order chi connectivity index (χ1) is 8.83. The average molecular weight is 283 g/mol. The molecule has 4 heteroatoms. The molecule has 1 aromatic rings. The molecule has 3 N–H and O–H groups in total. The lowest BCUT2D eigenvalue weighted by molar-refractivity contribution is 0.294. The highest BCUT2D eigenvalue weighted by Gasteiger charge is 2.20. The highest BCUT2D eigenvalue weighted by Crippen LogP contribution is 2.24. The molecule has 0 aliphatic rings. The minimum Gasteiger partial charge on any atom is -0.493 e. The van der Waals surface area contributed by atoms with Crippen LogP contribution in [0.1, 0.15) is 38.7 Å². The van der Waals surface area contributed by atoms with Crippen LogP contribution in [0.4, 0.5) is 0 Å². The number of unbranched alkanes of at least 4 members (excludes halogenated alkanes) is 1. The Morgan fingerprint density at radius 1 is 1.37 bits per heavy atom. The number of rotatable bonds is 7. The van der Waals surface area contributed by atoms with Gasteiger partial charge >= 0.3 is 0 Å². The van der Waals surface area contributed by atoms with E-state index in [-0.39, 0.29) is 11.3 Å². The van der Waals surface area contributed by atoms with Crippen molar-refractivity contribution in [2.45, 2.75) is 40.0 Å². The molecule has 0 spiro atoms. The number of benzene rings is 1. The van der Waals surface area contributed by atoms with E-state index in [1.54, 1.807) is 0 Å². The highest BCUT2D eigenvalue weighted by atomic mass is 35.5. The second kappa shape index (κ2) is 6.80. The molecule has 0 fully saturated rings. The van der Waals surface area contributed by atoms with Crippen molar-refractivity contribution in [1.82, 2.24) is 0 Å². The third-order valence-corrected chi connectivity index (χ3v) is 3.55. The summed E-state index contributed by atoms with van der Waals surface area (Å²) in [4.78, 5) is 0. The quantitative estimate of drug-likeness (QED) is 0.448. The first kappa shape index (κ1) is 15.8. The summed E-state index contributed by atoms with van der Waals surface area (Å²) in [5, 5.41) is 8.22. The van der Waals surface area contributed by atoms with E-state index in [1.165, 1.54) is 0 Å². The molecule has 1 rings (SSSR count). The number of amidine groups is 1. The third-order valence-electron chi connectivity index (χ3n) is 3.32. The third kappa shape index (κ3) is 5.11. The molecule has 1 aromatic carbocycles. The maximum Gasteiger partial charge on any atom is 0.122 e. The van der Waals surface area contributed by atoms with Crippen LogP contribution in [0.25, 0.3) is 0 Å². The second-order valence-electron chi connectivity index (χ2n) is 5.51. The number of nitrogens with one attached hydrogen (secondary N) is 1. The minimum atomic E-state index is -0.212. The van der Waals surface area contributed by atoms with Crippen molar-refractivity contribution >= 4 is 17.4 Å². The van der Waals surface area contributed by atoms with Crippen molar-refractivity contribution in [3.8, 4) is 5.75 Å². The van der Waals surface area contributed by atoms with Crippen molar-refractivity contribution in [1.29, 1.82) is 5.41 Å². The lowest BCUT2D eigenvalue weighted by Gasteiger charge is -2.22. The van der Waals surface area contributed by atoms with Gasteiger partial charge in [-0.3, -0.25) is 5.41 Å². The Hall–Kier alpha value is -1.22. The van der Waals surface area contributed by atoms with Gasteiger partial charge in [0.2, 0.25) is 0 Å². The molecule has 19 heavy (non-hydrogen) atoms. The van der Waals surface area contributed by atoms with E-state index >= 15 is 0 Å². The van der Waals surface area contributed by atoms with Gasteiger partial charge in [-0.05, 0) is 49.9 Å². The van der Waals surface area contributed by atoms with Gasteiger partial charge in [0.25, 0.3) is 0 Å². The van der Waals surface area contributed by atoms with Crippen LogP contribution < -0.4 is 10.5 Å². The smallest absolute Gasteiger partial charge is 0.122 e. The number of aryl methyl sites for hydroxylation is 1. The molecule has 0 radical (unpaired) electrons. The predicted octanol–water partition coefficient (Wildman–Crippen LogP) is 4.16. The summed E-state index contributed by atoms with van der Waals surface area (Å²) in [6.07, 6.45) is 2.86. The molecule has 0 unspecified atom stereocenters. The highest BCUT2D eigenvalue weighted by molar-refractivity contribution is 6.30. The Kier molecular flexibility index (Phi) is 5.67. The van der Waals surface area contributed by atoms with E-state index < -0.39 is 0 Å². The normalized spacial score (nSPS) is 11.4. The van der Waals surface area contributed by atoms with Crippen molar-refractivity contribution in [2.24, 2.45) is 11.1 Å². The molecule has 0 bridgehead atoms. The largest absolute Gasteiger partial charge is 0.493 e. The molecule has 106 valence electrons. The van der Waals surface area contributed by atoms with E-state index in [2.05, 4.69) is 0 Å². The molecule has 0 aliphatic heterocycles. The Morgan fingerprint density at radius 3 is 2.63 bits per heavy atom. The van der Waals surface area contributed by atoms with Crippen LogP contribution in [0.15, 0.2) is 18.2 Å². The number of nitrogens with two attached hydrogens (primary N) is 1. The van der Waals surface area contributed by atoms with Gasteiger partial charge in [-0.1, -0.05) is 25.4 Å². The first-order valence-corrected chi connectivity index (χ1v) is 6.94. The number of halogens is 1. The molecule has 0 aromatic heterocycles. The lowest BCUT2D eigenvalue weighted by Crippen LogP contribution is -2.30. The Balaban J connectivity index is 2.30. The van der Waals surface area contributed by atoms with Crippen LogP contribution in [0.2, 0.25) is 5.02 Å². The van der Waals surface area contributed by atoms with E-state index in [4.69, 9.17) is 27.5 Å². The zero-order valence-corrected chi connectivity index (χ0v) is 12.7. The van der Waals surface area contributed by atoms with Gasteiger partial charge in [0, 0.05) is 10.4 Å². The summed E-state index contributed by atoms with van der Waals surface area (Å²) >= 11 is 5.89.